The van der Waals surface area contributed by atoms with Crippen molar-refractivity contribution in [2.75, 3.05) is 52.9 Å². The lowest BCUT2D eigenvalue weighted by Gasteiger charge is -2.36. The molecule has 0 unspecified atom stereocenters. The summed E-state index contributed by atoms with van der Waals surface area (Å²) in [7, 11) is 4.83. The third-order valence-corrected chi connectivity index (χ3v) is 6.78. The van der Waals surface area contributed by atoms with Gasteiger partial charge < -0.3 is 29.3 Å². The lowest BCUT2D eigenvalue weighted by atomic mass is 9.85. The molecule has 0 spiro atoms. The van der Waals surface area contributed by atoms with Crippen molar-refractivity contribution in [1.82, 2.24) is 9.80 Å². The van der Waals surface area contributed by atoms with Crippen LogP contribution in [0.3, 0.4) is 0 Å². The monoisotopic (exact) mass is 475 g/mol. The summed E-state index contributed by atoms with van der Waals surface area (Å²) in [4.78, 5) is 41.8. The molecule has 0 radical (unpaired) electrons. The number of amides is 3. The number of likely N-dealkylation sites (N-methyl/N-ethyl adjacent to an activating group) is 1. The molecule has 3 amide bonds. The van der Waals surface area contributed by atoms with E-state index in [1.54, 1.807) is 42.2 Å². The van der Waals surface area contributed by atoms with Crippen molar-refractivity contribution in [3.8, 4) is 5.75 Å². The van der Waals surface area contributed by atoms with Gasteiger partial charge in [-0.3, -0.25) is 14.4 Å². The molecule has 0 bridgehead atoms. The average molecular weight is 476 g/mol. The molecule has 1 fully saturated rings. The highest BCUT2D eigenvalue weighted by molar-refractivity contribution is 5.99. The van der Waals surface area contributed by atoms with Crippen LogP contribution in [0.1, 0.15) is 43.5 Å². The Kier molecular flexibility index (Phi) is 8.90. The number of ether oxygens (including phenoxy) is 3. The van der Waals surface area contributed by atoms with Gasteiger partial charge in [-0.25, -0.2) is 0 Å². The van der Waals surface area contributed by atoms with Crippen LogP contribution in [0.2, 0.25) is 0 Å². The van der Waals surface area contributed by atoms with Crippen LogP contribution in [0.25, 0.3) is 0 Å². The van der Waals surface area contributed by atoms with E-state index in [2.05, 4.69) is 5.32 Å². The molecule has 3 rings (SSSR count). The zero-order chi connectivity index (χ0) is 24.8. The van der Waals surface area contributed by atoms with Crippen molar-refractivity contribution in [2.45, 2.75) is 45.3 Å². The van der Waals surface area contributed by atoms with Crippen molar-refractivity contribution in [3.63, 3.8) is 0 Å². The van der Waals surface area contributed by atoms with Crippen LogP contribution in [0, 0.1) is 11.8 Å². The van der Waals surface area contributed by atoms with Crippen LogP contribution in [-0.4, -0.2) is 87.2 Å². The molecule has 1 saturated carbocycles. The third-order valence-electron chi connectivity index (χ3n) is 6.78. The normalized spacial score (nSPS) is 24.3. The Morgan fingerprint density at radius 2 is 1.91 bits per heavy atom. The minimum Gasteiger partial charge on any atom is -0.491 e. The van der Waals surface area contributed by atoms with Crippen LogP contribution in [-0.2, 0) is 19.1 Å². The van der Waals surface area contributed by atoms with E-state index in [-0.39, 0.29) is 54.9 Å². The van der Waals surface area contributed by atoms with Gasteiger partial charge in [-0.15, -0.1) is 0 Å². The lowest BCUT2D eigenvalue weighted by molar-refractivity contribution is -0.139. The minimum absolute atomic E-state index is 0.00979. The fourth-order valence-corrected chi connectivity index (χ4v) is 4.32. The highest BCUT2D eigenvalue weighted by Crippen LogP contribution is 2.30. The van der Waals surface area contributed by atoms with E-state index in [1.807, 2.05) is 13.8 Å². The van der Waals surface area contributed by atoms with Gasteiger partial charge in [0.25, 0.3) is 5.91 Å². The lowest BCUT2D eigenvalue weighted by Crippen LogP contribution is -2.49. The van der Waals surface area contributed by atoms with Gasteiger partial charge in [0.2, 0.25) is 11.8 Å². The summed E-state index contributed by atoms with van der Waals surface area (Å²) in [5, 5.41) is 2.94. The van der Waals surface area contributed by atoms with Crippen LogP contribution < -0.4 is 10.1 Å². The van der Waals surface area contributed by atoms with Gasteiger partial charge in [-0.1, -0.05) is 13.3 Å². The predicted octanol–water partition coefficient (Wildman–Crippen LogP) is 2.40. The van der Waals surface area contributed by atoms with Crippen molar-refractivity contribution < 1.29 is 28.6 Å². The van der Waals surface area contributed by atoms with Crippen LogP contribution >= 0.6 is 0 Å². The Balaban J connectivity index is 1.91. The fraction of sp³-hybridized carbons (Fsp3) is 0.640. The Labute approximate surface area is 201 Å². The second kappa shape index (κ2) is 11.7. The van der Waals surface area contributed by atoms with E-state index >= 15 is 0 Å². The first-order chi connectivity index (χ1) is 16.2. The number of benzene rings is 1. The summed E-state index contributed by atoms with van der Waals surface area (Å²) in [6.07, 6.45) is 2.62. The van der Waals surface area contributed by atoms with Gasteiger partial charge in [-0.05, 0) is 31.9 Å². The molecule has 0 saturated heterocycles. The van der Waals surface area contributed by atoms with Gasteiger partial charge >= 0.3 is 0 Å². The molecule has 1 N–H and O–H groups in total. The molecule has 1 heterocycles. The van der Waals surface area contributed by atoms with E-state index in [4.69, 9.17) is 14.2 Å². The smallest absolute Gasteiger partial charge is 0.257 e. The van der Waals surface area contributed by atoms with Crippen LogP contribution in [0.15, 0.2) is 18.2 Å². The zero-order valence-electron chi connectivity index (χ0n) is 20.8. The molecular weight excluding hydrogens is 438 g/mol. The number of carbonyl (C=O) groups excluding carboxylic acids is 3. The molecule has 1 aliphatic carbocycles. The number of rotatable bonds is 5. The van der Waals surface area contributed by atoms with Gasteiger partial charge in [0.1, 0.15) is 19.0 Å². The molecule has 9 heteroatoms. The van der Waals surface area contributed by atoms with Crippen LogP contribution in [0.5, 0.6) is 5.75 Å². The third kappa shape index (κ3) is 6.07. The molecule has 0 aromatic heterocycles. The number of methoxy groups -OCH3 is 2. The number of anilines is 1. The maximum absolute atomic E-state index is 13.3. The summed E-state index contributed by atoms with van der Waals surface area (Å²) in [5.41, 5.74) is 0.982. The maximum Gasteiger partial charge on any atom is 0.257 e. The molecule has 3 atom stereocenters. The van der Waals surface area contributed by atoms with Gasteiger partial charge in [-0.2, -0.15) is 0 Å². The largest absolute Gasteiger partial charge is 0.491 e. The second-order valence-corrected chi connectivity index (χ2v) is 9.40. The molecule has 1 aromatic carbocycles. The van der Waals surface area contributed by atoms with E-state index in [0.29, 0.717) is 30.1 Å². The van der Waals surface area contributed by atoms with E-state index in [0.717, 1.165) is 19.3 Å². The number of nitrogens with one attached hydrogen (secondary N) is 1. The zero-order valence-corrected chi connectivity index (χ0v) is 20.8. The molecule has 34 heavy (non-hydrogen) atoms. The molecule has 1 aromatic rings. The number of nitrogens with zero attached hydrogens (tertiary/aromatic N) is 2. The van der Waals surface area contributed by atoms with E-state index in [9.17, 15) is 14.4 Å². The highest BCUT2D eigenvalue weighted by Gasteiger charge is 2.31. The van der Waals surface area contributed by atoms with Gasteiger partial charge in [0.05, 0.1) is 17.7 Å². The predicted molar refractivity (Wildman–Crippen MR) is 128 cm³/mol. The summed E-state index contributed by atoms with van der Waals surface area (Å²) in [6.45, 7) is 4.87. The first-order valence-electron chi connectivity index (χ1n) is 11.9. The van der Waals surface area contributed by atoms with E-state index in [1.165, 1.54) is 7.11 Å². The summed E-state index contributed by atoms with van der Waals surface area (Å²) >= 11 is 0. The number of hydrogen-bond donors (Lipinski definition) is 1. The topological polar surface area (TPSA) is 97.4 Å². The maximum atomic E-state index is 13.3. The van der Waals surface area contributed by atoms with Crippen LogP contribution in [0.4, 0.5) is 5.69 Å². The average Bonchev–Trinajstić information content (AvgIpc) is 2.77. The first-order valence-corrected chi connectivity index (χ1v) is 11.9. The number of carbonyl (C=O) groups is 3. The number of hydrogen-bond acceptors (Lipinski definition) is 6. The number of fused-ring (bicyclic) bond motifs is 1. The van der Waals surface area contributed by atoms with Crippen molar-refractivity contribution in [1.29, 1.82) is 0 Å². The quantitative estimate of drug-likeness (QED) is 0.703. The first kappa shape index (κ1) is 26.0. The second-order valence-electron chi connectivity index (χ2n) is 9.40. The van der Waals surface area contributed by atoms with Crippen molar-refractivity contribution >= 4 is 23.4 Å². The Bertz CT molecular complexity index is 887. The Hall–Kier alpha value is -2.65. The van der Waals surface area contributed by atoms with Crippen molar-refractivity contribution in [2.24, 2.45) is 11.8 Å². The molecular formula is C25H37N3O6. The fourth-order valence-electron chi connectivity index (χ4n) is 4.32. The molecule has 2 aliphatic rings. The van der Waals surface area contributed by atoms with Gasteiger partial charge in [0, 0.05) is 57.9 Å². The minimum atomic E-state index is -0.268. The molecule has 1 aliphatic heterocycles. The highest BCUT2D eigenvalue weighted by atomic mass is 16.5. The Morgan fingerprint density at radius 1 is 1.18 bits per heavy atom. The van der Waals surface area contributed by atoms with E-state index < -0.39 is 0 Å². The van der Waals surface area contributed by atoms with Crippen molar-refractivity contribution in [3.05, 3.63) is 23.8 Å². The molecule has 9 nitrogen and oxygen atoms in total. The summed E-state index contributed by atoms with van der Waals surface area (Å²) in [5.74, 6) is 0.0565. The Morgan fingerprint density at radius 3 is 2.53 bits per heavy atom. The summed E-state index contributed by atoms with van der Waals surface area (Å²) < 4.78 is 16.9. The standard InChI is InChI=1S/C25H37N3O6/c1-16-12-28(23(29)15-32-4)17(2)14-34-21-11-19(26-24(30)18-7-6-8-18)9-10-20(21)25(31)27(3)13-22(16)33-5/h9-11,16-18,22H,6-8,12-15H2,1-5H3,(H,26,30)/t16-,17+,22-/m0/s1. The SMILES string of the molecule is COCC(=O)N1C[C@H](C)[C@@H](OC)CN(C)C(=O)c2ccc(NC(=O)C3CCC3)cc2OC[C@H]1C. The van der Waals surface area contributed by atoms with Gasteiger partial charge in [0.15, 0.2) is 0 Å². The molecule has 188 valence electrons. The summed E-state index contributed by atoms with van der Waals surface area (Å²) in [6, 6.07) is 4.83.